The molecule has 6 amide bonds. The van der Waals surface area contributed by atoms with Crippen molar-refractivity contribution in [3.8, 4) is 17.2 Å². The highest BCUT2D eigenvalue weighted by Gasteiger charge is 2.42. The van der Waals surface area contributed by atoms with Gasteiger partial charge in [-0.1, -0.05) is 273 Å². The van der Waals surface area contributed by atoms with Gasteiger partial charge in [-0.05, 0) is 50.1 Å². The van der Waals surface area contributed by atoms with Gasteiger partial charge in [-0.15, -0.1) is 35.3 Å². The first-order chi connectivity index (χ1) is 49.7. The number of ether oxygens (including phenoxy) is 3. The molecule has 0 aromatic heterocycles. The normalized spacial score (nSPS) is 12.3. The molecular formula is C81H78N6O12S3. The molecule has 0 aliphatic heterocycles. The first-order valence-corrected chi connectivity index (χ1v) is 35.7. The van der Waals surface area contributed by atoms with E-state index in [1.165, 1.54) is 56.6 Å². The first kappa shape index (κ1) is 73.6. The van der Waals surface area contributed by atoms with E-state index in [0.29, 0.717) is 0 Å². The van der Waals surface area contributed by atoms with Crippen molar-refractivity contribution in [3.63, 3.8) is 0 Å². The Labute approximate surface area is 605 Å². The fourth-order valence-corrected chi connectivity index (χ4v) is 17.3. The quantitative estimate of drug-likeness (QED) is 0.0173. The molecule has 18 nitrogen and oxygen atoms in total. The summed E-state index contributed by atoms with van der Waals surface area (Å²) in [6.07, 6.45) is 0. The lowest BCUT2D eigenvalue weighted by molar-refractivity contribution is -0.139. The van der Waals surface area contributed by atoms with Crippen LogP contribution in [-0.2, 0) is 48.3 Å². The molecule has 0 unspecified atom stereocenters. The number of carboxylic acids is 3. The molecule has 0 fully saturated rings. The van der Waals surface area contributed by atoms with Crippen molar-refractivity contribution in [1.29, 1.82) is 0 Å². The molecule has 21 heteroatoms. The van der Waals surface area contributed by atoms with Crippen molar-refractivity contribution in [3.05, 3.63) is 340 Å². The molecule has 0 saturated carbocycles. The number of hydrogen-bond acceptors (Lipinski definition) is 12. The summed E-state index contributed by atoms with van der Waals surface area (Å²) in [5, 5.41) is 48.9. The van der Waals surface area contributed by atoms with Crippen LogP contribution in [0, 0.1) is 0 Å². The number of aliphatic carboxylic acids is 3. The Morgan fingerprint density at radius 2 is 0.451 bits per heavy atom. The Kier molecular flexibility index (Phi) is 25.4. The van der Waals surface area contributed by atoms with Crippen LogP contribution < -0.4 is 46.1 Å². The second-order valence-corrected chi connectivity index (χ2v) is 27.2. The molecule has 0 aliphatic carbocycles. The number of methoxy groups -OCH3 is 3. The van der Waals surface area contributed by atoms with Crippen LogP contribution in [0.3, 0.4) is 0 Å². The van der Waals surface area contributed by atoms with Gasteiger partial charge in [0, 0.05) is 17.3 Å². The van der Waals surface area contributed by atoms with E-state index in [9.17, 15) is 44.1 Å². The smallest absolute Gasteiger partial charge is 0.327 e. The zero-order valence-electron chi connectivity index (χ0n) is 56.2. The number of carboxylic acid groups (broad SMARTS) is 3. The minimum Gasteiger partial charge on any atom is -0.496 e. The summed E-state index contributed by atoms with van der Waals surface area (Å²) in [4.78, 5) is 83.1. The summed E-state index contributed by atoms with van der Waals surface area (Å²) in [6.45, 7) is -1.26. The van der Waals surface area contributed by atoms with Crippen LogP contribution in [0.2, 0.25) is 0 Å². The third-order valence-corrected chi connectivity index (χ3v) is 22.3. The Morgan fingerprint density at radius 3 is 0.588 bits per heavy atom. The van der Waals surface area contributed by atoms with Crippen molar-refractivity contribution in [2.75, 3.05) is 38.6 Å². The predicted molar refractivity (Wildman–Crippen MR) is 401 cm³/mol. The fraction of sp³-hybridized carbons (Fsp3) is 0.185. The summed E-state index contributed by atoms with van der Waals surface area (Å²) < 4.78 is 15.6. The minimum absolute atomic E-state index is 0.0200. The Bertz CT molecular complexity index is 3650. The average molecular weight is 1420 g/mol. The molecule has 0 radical (unpaired) electrons. The van der Waals surface area contributed by atoms with Crippen molar-refractivity contribution in [1.82, 2.24) is 31.9 Å². The Hall–Kier alpha value is -11.1. The standard InChI is InChI=1S/C81H78N6O12S3/c1-97-70-64(49-82-76(94)85-67(73(88)89)52-100-79(55-31-13-4-14-32-55,56-33-15-5-16-34-56)57-35-17-6-18-36-57)71(98-2)66(51-84-78(96)87-69(75(92)93)54-102-81(61-43-25-10-26-44-61,62-45-27-11-28-46-62)63-47-29-12-30-48-63)72(99-3)65(70)50-83-77(95)86-68(74(90)91)53-101-80(58-37-19-7-20-38-58,59-39-21-8-22-40-59)60-41-23-9-24-42-60/h4-48,67-69H,49-54H2,1-3H3,(H,88,89)(H,90,91)(H,92,93)(H2,82,85,94)(H2,83,86,95)(H2,84,87,96)/t67-,68-,69-/m0/s1. The van der Waals surface area contributed by atoms with Gasteiger partial charge in [0.25, 0.3) is 0 Å². The minimum atomic E-state index is -1.46. The average Bonchev–Trinajstić information content (AvgIpc) is 0.767. The molecule has 0 bridgehead atoms. The summed E-state index contributed by atoms with van der Waals surface area (Å²) in [7, 11) is 4.02. The summed E-state index contributed by atoms with van der Waals surface area (Å²) in [5.74, 6) is -4.21. The van der Waals surface area contributed by atoms with Gasteiger partial charge in [-0.2, -0.15) is 0 Å². The molecule has 0 aliphatic rings. The third kappa shape index (κ3) is 16.8. The number of carbonyl (C=O) groups is 6. The van der Waals surface area contributed by atoms with E-state index < -0.39 is 88.0 Å². The Morgan fingerprint density at radius 1 is 0.294 bits per heavy atom. The number of thioether (sulfide) groups is 3. The van der Waals surface area contributed by atoms with Crippen molar-refractivity contribution < 1.29 is 58.3 Å². The summed E-state index contributed by atoms with van der Waals surface area (Å²) in [5.41, 5.74) is 8.35. The lowest BCUT2D eigenvalue weighted by Crippen LogP contribution is -2.48. The van der Waals surface area contributed by atoms with Crippen molar-refractivity contribution in [2.24, 2.45) is 0 Å². The van der Waals surface area contributed by atoms with E-state index in [4.69, 9.17) is 14.2 Å². The number of nitrogens with one attached hydrogen (secondary N) is 6. The highest BCUT2D eigenvalue weighted by molar-refractivity contribution is 8.01. The maximum Gasteiger partial charge on any atom is 0.327 e. The lowest BCUT2D eigenvalue weighted by Gasteiger charge is -2.36. The molecule has 3 atom stereocenters. The van der Waals surface area contributed by atoms with Gasteiger partial charge in [0.2, 0.25) is 0 Å². The van der Waals surface area contributed by atoms with Crippen molar-refractivity contribution in [2.45, 2.75) is 52.0 Å². The third-order valence-electron chi connectivity index (χ3n) is 17.4. The number of rotatable bonds is 33. The van der Waals surface area contributed by atoms with E-state index in [1.807, 2.05) is 273 Å². The van der Waals surface area contributed by atoms with E-state index in [1.54, 1.807) is 0 Å². The van der Waals surface area contributed by atoms with Gasteiger partial charge in [-0.25, -0.2) is 28.8 Å². The number of amides is 6. The largest absolute Gasteiger partial charge is 0.496 e. The SMILES string of the molecule is COc1c(CNC(=O)N[C@@H](CSC(c2ccccc2)(c2ccccc2)c2ccccc2)C(=O)O)c(OC)c(CNC(=O)N[C@@H](CSC(c2ccccc2)(c2ccccc2)c2ccccc2)C(=O)O)c(OC)c1CNC(=O)N[C@@H](CSC(c1ccccc1)(c1ccccc1)c1ccccc1)C(=O)O. The maximum atomic E-state index is 14.4. The topological polar surface area (TPSA) is 263 Å². The second-order valence-electron chi connectivity index (χ2n) is 23.5. The Balaban J connectivity index is 0.945. The van der Waals surface area contributed by atoms with Gasteiger partial charge in [0.15, 0.2) is 0 Å². The van der Waals surface area contributed by atoms with Crippen LogP contribution in [-0.4, -0.2) is 108 Å². The second kappa shape index (κ2) is 35.3. The molecule has 10 rings (SSSR count). The van der Waals surface area contributed by atoms with Gasteiger partial charge in [0.05, 0.1) is 71.9 Å². The maximum absolute atomic E-state index is 14.4. The molecule has 10 aromatic carbocycles. The van der Waals surface area contributed by atoms with Crippen LogP contribution in [0.25, 0.3) is 0 Å². The zero-order valence-corrected chi connectivity index (χ0v) is 58.6. The van der Waals surface area contributed by atoms with Crippen LogP contribution >= 0.6 is 35.3 Å². The van der Waals surface area contributed by atoms with Crippen molar-refractivity contribution >= 4 is 71.3 Å². The number of carbonyl (C=O) groups excluding carboxylic acids is 3. The number of benzene rings is 10. The molecule has 9 N–H and O–H groups in total. The molecule has 522 valence electrons. The van der Waals surface area contributed by atoms with Gasteiger partial charge in [0.1, 0.15) is 35.4 Å². The van der Waals surface area contributed by atoms with Crippen LogP contribution in [0.5, 0.6) is 17.2 Å². The predicted octanol–water partition coefficient (Wildman–Crippen LogP) is 13.6. The van der Waals surface area contributed by atoms with E-state index in [2.05, 4.69) is 31.9 Å². The first-order valence-electron chi connectivity index (χ1n) is 32.7. The van der Waals surface area contributed by atoms with E-state index >= 15 is 0 Å². The van der Waals surface area contributed by atoms with Crippen LogP contribution in [0.4, 0.5) is 14.4 Å². The summed E-state index contributed by atoms with van der Waals surface area (Å²) in [6, 6.07) is 80.3. The molecular weight excluding hydrogens is 1350 g/mol. The van der Waals surface area contributed by atoms with Gasteiger partial charge >= 0.3 is 36.0 Å². The number of urea groups is 3. The van der Waals surface area contributed by atoms with Crippen LogP contribution in [0.15, 0.2) is 273 Å². The lowest BCUT2D eigenvalue weighted by atomic mass is 9.84. The zero-order chi connectivity index (χ0) is 71.9. The highest BCUT2D eigenvalue weighted by Crippen LogP contribution is 2.52. The molecule has 0 saturated heterocycles. The molecule has 102 heavy (non-hydrogen) atoms. The van der Waals surface area contributed by atoms with E-state index in [0.717, 1.165) is 50.1 Å². The van der Waals surface area contributed by atoms with Crippen LogP contribution in [0.1, 0.15) is 66.8 Å². The van der Waals surface area contributed by atoms with Gasteiger partial charge in [-0.3, -0.25) is 0 Å². The van der Waals surface area contributed by atoms with Gasteiger partial charge < -0.3 is 61.4 Å². The molecule has 0 heterocycles. The molecule has 0 spiro atoms. The van der Waals surface area contributed by atoms with E-state index in [-0.39, 0.29) is 51.2 Å². The highest BCUT2D eigenvalue weighted by atomic mass is 32.2. The monoisotopic (exact) mass is 1420 g/mol. The molecule has 10 aromatic rings. The fourth-order valence-electron chi connectivity index (χ4n) is 12.7. The number of hydrogen-bond donors (Lipinski definition) is 9. The summed E-state index contributed by atoms with van der Waals surface area (Å²) >= 11 is 4.03.